The second kappa shape index (κ2) is 45.9. The van der Waals surface area contributed by atoms with Crippen LogP contribution in [-0.2, 0) is 91.1 Å². The van der Waals surface area contributed by atoms with E-state index in [0.717, 1.165) is 113 Å². The van der Waals surface area contributed by atoms with Gasteiger partial charge in [0.15, 0.2) is 0 Å². The normalized spacial score (nSPS) is 10.9. The Balaban J connectivity index is 0.000000218. The molecule has 0 atom stereocenters. The Morgan fingerprint density at radius 3 is 0.839 bits per heavy atom. The number of ether oxygens (including phenoxy) is 5. The molecule has 0 aliphatic carbocycles. The van der Waals surface area contributed by atoms with E-state index in [2.05, 4.69) is 12.2 Å². The van der Waals surface area contributed by atoms with Gasteiger partial charge in [-0.3, -0.25) is 23.0 Å². The molecule has 596 valence electrons. The van der Waals surface area contributed by atoms with E-state index in [1.807, 2.05) is 233 Å². The van der Waals surface area contributed by atoms with Gasteiger partial charge in [0.25, 0.3) is 0 Å². The Labute approximate surface area is 687 Å². The number of methoxy groups -OCH3 is 5. The number of carbonyl (C=O) groups is 3. The molecule has 10 aromatic carbocycles. The quantitative estimate of drug-likeness (QED) is 0.0489. The number of amides is 3. The summed E-state index contributed by atoms with van der Waals surface area (Å²) in [5.41, 5.74) is 19.3. The van der Waals surface area contributed by atoms with Crippen LogP contribution >= 0.6 is 58.0 Å². The summed E-state index contributed by atoms with van der Waals surface area (Å²) < 4.78 is 77.2. The summed E-state index contributed by atoms with van der Waals surface area (Å²) in [6, 6.07) is 67.2. The van der Waals surface area contributed by atoms with Crippen molar-refractivity contribution in [2.24, 2.45) is 0 Å². The van der Waals surface area contributed by atoms with E-state index in [-0.39, 0.29) is 17.7 Å². The van der Waals surface area contributed by atoms with E-state index in [1.165, 1.54) is 28.0 Å². The standard InChI is InChI=1S/C19H22ClNO2.C18H22ClNO3S.C18H20ClNO2.C17H20ClNO3S.C16H16ClNO2/c1-4-11-21(14(2)22)18-9-10-19(16(12-18)13-23-3)15-5-7-17(20)8-6-15;1-4-11-20(24(3,21)22)17-9-10-18(15(12-17)13-23-2)14-5-7-16(19)8-6-14;1-4-20(13(2)21)17-9-10-18(15(11-17)12-22-3)14-5-7-16(19)8-6-14;1-4-19(23(3,20)21)16-9-10-17(14(11-16)12-22-2)13-5-7-15(18)8-6-13;1-11(19)18-15-7-8-16(13(9-15)10-20-2)12-3-5-14(17)6-4-12/h5-10,12H,4,11,13H2,1-3H3;5-10,12H,4,11,13H2,1-3H3;5-11H,4,12H2,1-3H3;5-11H,4,12H2,1-3H3;3-9H,10H2,1-2H3,(H,18,19). The molecule has 0 radical (unpaired) electrons. The van der Waals surface area contributed by atoms with E-state index >= 15 is 0 Å². The van der Waals surface area contributed by atoms with E-state index < -0.39 is 20.0 Å². The van der Waals surface area contributed by atoms with Crippen molar-refractivity contribution in [2.75, 3.05) is 98.0 Å². The van der Waals surface area contributed by atoms with Crippen molar-refractivity contribution in [3.8, 4) is 55.6 Å². The van der Waals surface area contributed by atoms with Crippen molar-refractivity contribution in [3.63, 3.8) is 0 Å². The predicted molar refractivity (Wildman–Crippen MR) is 465 cm³/mol. The average molecular weight is 1660 g/mol. The average Bonchev–Trinajstić information content (AvgIpc) is 0.589. The van der Waals surface area contributed by atoms with Gasteiger partial charge in [-0.15, -0.1) is 0 Å². The number of rotatable bonds is 28. The highest BCUT2D eigenvalue weighted by Crippen LogP contribution is 2.36. The van der Waals surface area contributed by atoms with Gasteiger partial charge < -0.3 is 38.8 Å². The number of benzene rings is 10. The maximum atomic E-state index is 12.1. The van der Waals surface area contributed by atoms with Crippen molar-refractivity contribution >= 4 is 124 Å². The molecule has 3 amide bonds. The zero-order valence-electron chi connectivity index (χ0n) is 65.9. The maximum Gasteiger partial charge on any atom is 0.232 e. The lowest BCUT2D eigenvalue weighted by atomic mass is 9.99. The van der Waals surface area contributed by atoms with E-state index in [0.29, 0.717) is 95.7 Å². The van der Waals surface area contributed by atoms with Crippen LogP contribution in [0.5, 0.6) is 0 Å². The highest BCUT2D eigenvalue weighted by molar-refractivity contribution is 7.92. The second-order valence-corrected chi connectivity index (χ2v) is 31.8. The number of carbonyl (C=O) groups excluding carboxylic acids is 3. The van der Waals surface area contributed by atoms with E-state index in [1.54, 1.807) is 59.2 Å². The zero-order valence-corrected chi connectivity index (χ0v) is 71.3. The van der Waals surface area contributed by atoms with Crippen molar-refractivity contribution in [2.45, 2.75) is 94.3 Å². The van der Waals surface area contributed by atoms with E-state index in [9.17, 15) is 31.2 Å². The number of hydrogen-bond acceptors (Lipinski definition) is 12. The first-order valence-electron chi connectivity index (χ1n) is 36.1. The van der Waals surface area contributed by atoms with Crippen LogP contribution < -0.4 is 23.7 Å². The molecule has 10 rings (SSSR count). The Morgan fingerprint density at radius 1 is 0.330 bits per heavy atom. The molecule has 0 aliphatic heterocycles. The number of hydrogen-bond donors (Lipinski definition) is 1. The minimum Gasteiger partial charge on any atom is -0.380 e. The molecule has 17 nitrogen and oxygen atoms in total. The van der Waals surface area contributed by atoms with Crippen molar-refractivity contribution < 1.29 is 54.9 Å². The zero-order chi connectivity index (χ0) is 82.2. The van der Waals surface area contributed by atoms with E-state index in [4.69, 9.17) is 81.7 Å². The highest BCUT2D eigenvalue weighted by Gasteiger charge is 2.22. The molecule has 0 saturated carbocycles. The lowest BCUT2D eigenvalue weighted by molar-refractivity contribution is -0.117. The largest absolute Gasteiger partial charge is 0.380 e. The van der Waals surface area contributed by atoms with Crippen LogP contribution in [0.1, 0.15) is 89.1 Å². The number of anilines is 5. The molecule has 1 N–H and O–H groups in total. The maximum absolute atomic E-state index is 12.1. The smallest absolute Gasteiger partial charge is 0.232 e. The molecule has 10 aromatic rings. The first-order chi connectivity index (χ1) is 53.4. The lowest BCUT2D eigenvalue weighted by Crippen LogP contribution is -2.30. The summed E-state index contributed by atoms with van der Waals surface area (Å²) in [5.74, 6) is -0.00724. The van der Waals surface area contributed by atoms with Crippen LogP contribution in [0.3, 0.4) is 0 Å². The summed E-state index contributed by atoms with van der Waals surface area (Å²) in [4.78, 5) is 38.2. The van der Waals surface area contributed by atoms with Crippen molar-refractivity contribution in [3.05, 3.63) is 265 Å². The monoisotopic (exact) mass is 1660 g/mol. The molecular formula is C88H100Cl5N5O12S2. The lowest BCUT2D eigenvalue weighted by Gasteiger charge is -2.23. The fraction of sp³-hybridized carbons (Fsp3) is 0.284. The first kappa shape index (κ1) is 92.2. The second-order valence-electron chi connectivity index (χ2n) is 25.8. The van der Waals surface area contributed by atoms with Gasteiger partial charge in [-0.05, 0) is 231 Å². The van der Waals surface area contributed by atoms with Gasteiger partial charge in [0.1, 0.15) is 0 Å². The van der Waals surface area contributed by atoms with Gasteiger partial charge in [0.05, 0.1) is 56.9 Å². The van der Waals surface area contributed by atoms with Crippen LogP contribution in [0.4, 0.5) is 28.4 Å². The Kier molecular flexibility index (Phi) is 37.8. The third-order valence-electron chi connectivity index (χ3n) is 17.3. The van der Waals surface area contributed by atoms with Crippen LogP contribution in [0.2, 0.25) is 25.1 Å². The van der Waals surface area contributed by atoms with Crippen LogP contribution in [0, 0.1) is 0 Å². The highest BCUT2D eigenvalue weighted by atomic mass is 35.5. The minimum absolute atomic E-state index is 0.0325. The predicted octanol–water partition coefficient (Wildman–Crippen LogP) is 21.8. The number of nitrogens with zero attached hydrogens (tertiary/aromatic N) is 4. The topological polar surface area (TPSA) is 191 Å². The molecule has 0 bridgehead atoms. The van der Waals surface area contributed by atoms with Crippen molar-refractivity contribution in [1.82, 2.24) is 0 Å². The van der Waals surface area contributed by atoms with Gasteiger partial charge in [-0.25, -0.2) is 16.8 Å². The summed E-state index contributed by atoms with van der Waals surface area (Å²) in [7, 11) is 1.60. The minimum atomic E-state index is -3.32. The van der Waals surface area contributed by atoms with Gasteiger partial charge in [0, 0.05) is 125 Å². The van der Waals surface area contributed by atoms with Gasteiger partial charge in [-0.1, -0.05) is 163 Å². The van der Waals surface area contributed by atoms with Gasteiger partial charge in [-0.2, -0.15) is 0 Å². The van der Waals surface area contributed by atoms with Gasteiger partial charge >= 0.3 is 0 Å². The molecule has 112 heavy (non-hydrogen) atoms. The molecule has 0 aliphatic rings. The van der Waals surface area contributed by atoms with Crippen molar-refractivity contribution in [1.29, 1.82) is 0 Å². The molecule has 0 saturated heterocycles. The number of nitrogens with one attached hydrogen (secondary N) is 1. The van der Waals surface area contributed by atoms with Crippen LogP contribution in [0.15, 0.2) is 212 Å². The summed E-state index contributed by atoms with van der Waals surface area (Å²) in [5, 5.41) is 6.25. The fourth-order valence-electron chi connectivity index (χ4n) is 12.3. The number of halogens is 5. The molecule has 0 unspecified atom stereocenters. The van der Waals surface area contributed by atoms with Crippen LogP contribution in [-0.4, -0.2) is 109 Å². The number of sulfonamides is 2. The molecule has 0 heterocycles. The molecule has 0 spiro atoms. The van der Waals surface area contributed by atoms with Crippen LogP contribution in [0.25, 0.3) is 55.6 Å². The third kappa shape index (κ3) is 27.9. The summed E-state index contributed by atoms with van der Waals surface area (Å²) >= 11 is 29.7. The SMILES string of the molecule is CCCN(C(C)=O)c1ccc(-c2ccc(Cl)cc2)c(COC)c1.CCCN(c1ccc(-c2ccc(Cl)cc2)c(COC)c1)S(C)(=O)=O.CCN(C(C)=O)c1ccc(-c2ccc(Cl)cc2)c(COC)c1.CCN(c1ccc(-c2ccc(Cl)cc2)c(COC)c1)S(C)(=O)=O.COCc1cc(NC(C)=O)ccc1-c1ccc(Cl)cc1. The fourth-order valence-corrected chi connectivity index (χ4v) is 15.0. The molecule has 0 fully saturated rings. The van der Waals surface area contributed by atoms with Gasteiger partial charge in [0.2, 0.25) is 37.8 Å². The molecule has 0 aromatic heterocycles. The summed E-state index contributed by atoms with van der Waals surface area (Å²) in [6.07, 6.45) is 4.09. The summed E-state index contributed by atoms with van der Waals surface area (Å²) in [6.45, 7) is 16.9. The third-order valence-corrected chi connectivity index (χ3v) is 21.0. The molecular weight excluding hydrogens is 1560 g/mol. The molecule has 24 heteroatoms. The Bertz CT molecular complexity index is 4930. The Hall–Kier alpha value is -8.64. The first-order valence-corrected chi connectivity index (χ1v) is 41.7. The Morgan fingerprint density at radius 2 is 0.589 bits per heavy atom.